The van der Waals surface area contributed by atoms with E-state index in [2.05, 4.69) is 15.3 Å². The molecule has 2 aromatic rings. The molecular weight excluding hydrogens is 274 g/mol. The molecule has 0 saturated carbocycles. The number of hydrogen-bond acceptors (Lipinski definition) is 5. The van der Waals surface area contributed by atoms with Crippen molar-refractivity contribution in [2.24, 2.45) is 0 Å². The van der Waals surface area contributed by atoms with Crippen LogP contribution in [0.1, 0.15) is 11.3 Å². The molecule has 2 N–H and O–H groups in total. The van der Waals surface area contributed by atoms with E-state index in [-0.39, 0.29) is 13.0 Å². The fourth-order valence-corrected chi connectivity index (χ4v) is 1.72. The van der Waals surface area contributed by atoms with Gasteiger partial charge in [-0.25, -0.2) is 9.78 Å². The summed E-state index contributed by atoms with van der Waals surface area (Å²) >= 11 is 0. The van der Waals surface area contributed by atoms with E-state index in [0.29, 0.717) is 5.69 Å². The van der Waals surface area contributed by atoms with Gasteiger partial charge in [-0.15, -0.1) is 0 Å². The van der Waals surface area contributed by atoms with Crippen molar-refractivity contribution < 1.29 is 19.4 Å². The normalized spacial score (nSPS) is 11.6. The Morgan fingerprint density at radius 1 is 1.33 bits per heavy atom. The van der Waals surface area contributed by atoms with Crippen molar-refractivity contribution in [3.05, 3.63) is 54.1 Å². The minimum absolute atomic E-state index is 0.0444. The Balaban J connectivity index is 1.85. The maximum atomic E-state index is 11.6. The monoisotopic (exact) mass is 288 g/mol. The van der Waals surface area contributed by atoms with Gasteiger partial charge in [0.1, 0.15) is 6.61 Å². The summed E-state index contributed by atoms with van der Waals surface area (Å²) < 4.78 is 4.96. The summed E-state index contributed by atoms with van der Waals surface area (Å²) in [6.45, 7) is 0.0660. The lowest BCUT2D eigenvalue weighted by atomic mass is 10.2. The van der Waals surface area contributed by atoms with E-state index >= 15 is 0 Å². The lowest BCUT2D eigenvalue weighted by Crippen LogP contribution is -2.49. The number of rotatable bonds is 6. The van der Waals surface area contributed by atoms with E-state index in [9.17, 15) is 14.7 Å². The zero-order chi connectivity index (χ0) is 15.1. The smallest absolute Gasteiger partial charge is 0.408 e. The number of aromatic nitrogens is 2. The molecular formula is C14H14N3O4-. The van der Waals surface area contributed by atoms with Gasteiger partial charge in [0.05, 0.1) is 18.3 Å². The summed E-state index contributed by atoms with van der Waals surface area (Å²) in [6, 6.07) is 7.90. The molecule has 0 bridgehead atoms. The number of aliphatic carboxylic acids is 1. The Bertz CT molecular complexity index is 584. The van der Waals surface area contributed by atoms with Crippen LogP contribution in [-0.4, -0.2) is 28.1 Å². The molecule has 0 spiro atoms. The molecule has 21 heavy (non-hydrogen) atoms. The summed E-state index contributed by atoms with van der Waals surface area (Å²) in [6.07, 6.45) is 2.14. The largest absolute Gasteiger partial charge is 0.548 e. The number of carbonyl (C=O) groups excluding carboxylic acids is 2. The topological polar surface area (TPSA) is 107 Å². The Hall–Kier alpha value is -2.83. The van der Waals surface area contributed by atoms with Crippen molar-refractivity contribution >= 4 is 12.1 Å². The molecule has 0 fully saturated rings. The third kappa shape index (κ3) is 4.64. The molecule has 2 rings (SSSR count). The highest BCUT2D eigenvalue weighted by atomic mass is 16.5. The van der Waals surface area contributed by atoms with Gasteiger partial charge >= 0.3 is 6.09 Å². The fraction of sp³-hybridized carbons (Fsp3) is 0.214. The molecule has 1 aromatic heterocycles. The molecule has 0 saturated heterocycles. The second-order valence-electron chi connectivity index (χ2n) is 4.36. The van der Waals surface area contributed by atoms with Gasteiger partial charge in [-0.2, -0.15) is 0 Å². The van der Waals surface area contributed by atoms with Crippen LogP contribution in [0.15, 0.2) is 42.9 Å². The molecule has 1 amide bonds. The Labute approximate surface area is 121 Å². The van der Waals surface area contributed by atoms with Gasteiger partial charge in [-0.3, -0.25) is 0 Å². The van der Waals surface area contributed by atoms with Gasteiger partial charge in [-0.1, -0.05) is 30.3 Å². The number of H-pyrrole nitrogens is 1. The molecule has 0 radical (unpaired) electrons. The number of carboxylic acids is 1. The molecule has 110 valence electrons. The van der Waals surface area contributed by atoms with Gasteiger partial charge in [0.15, 0.2) is 0 Å². The second-order valence-corrected chi connectivity index (χ2v) is 4.36. The summed E-state index contributed by atoms with van der Waals surface area (Å²) in [5.74, 6) is -1.39. The van der Waals surface area contributed by atoms with E-state index in [1.807, 2.05) is 18.2 Å². The van der Waals surface area contributed by atoms with Crippen LogP contribution in [0.5, 0.6) is 0 Å². The van der Waals surface area contributed by atoms with E-state index in [4.69, 9.17) is 4.74 Å². The number of nitrogens with zero attached hydrogens (tertiary/aromatic N) is 1. The molecule has 0 unspecified atom stereocenters. The van der Waals surface area contributed by atoms with Crippen molar-refractivity contribution in [2.45, 2.75) is 19.1 Å². The molecule has 0 aliphatic rings. The van der Waals surface area contributed by atoms with E-state index in [0.717, 1.165) is 5.56 Å². The first-order valence-corrected chi connectivity index (χ1v) is 6.30. The molecule has 7 nitrogen and oxygen atoms in total. The number of benzene rings is 1. The summed E-state index contributed by atoms with van der Waals surface area (Å²) in [7, 11) is 0. The first-order valence-electron chi connectivity index (χ1n) is 6.30. The van der Waals surface area contributed by atoms with Gasteiger partial charge < -0.3 is 24.9 Å². The number of ether oxygens (including phenoxy) is 1. The maximum Gasteiger partial charge on any atom is 0.408 e. The number of carboxylic acid groups (broad SMARTS) is 1. The van der Waals surface area contributed by atoms with E-state index in [1.54, 1.807) is 12.1 Å². The zero-order valence-corrected chi connectivity index (χ0v) is 11.1. The molecule has 0 aliphatic heterocycles. The fourth-order valence-electron chi connectivity index (χ4n) is 1.72. The number of aromatic amines is 1. The van der Waals surface area contributed by atoms with E-state index in [1.165, 1.54) is 12.5 Å². The number of carbonyl (C=O) groups is 2. The van der Waals surface area contributed by atoms with Crippen LogP contribution in [0.2, 0.25) is 0 Å². The standard InChI is InChI=1S/C14H15N3O4/c18-13(19)12(6-11-7-15-9-16-11)17-14(20)21-8-10-4-2-1-3-5-10/h1-5,7,9,12H,6,8H2,(H,15,16)(H,17,20)(H,18,19)/p-1/t12-/m0/s1. The van der Waals surface area contributed by atoms with Crippen molar-refractivity contribution in [1.29, 1.82) is 0 Å². The highest BCUT2D eigenvalue weighted by Crippen LogP contribution is 2.02. The lowest BCUT2D eigenvalue weighted by molar-refractivity contribution is -0.308. The van der Waals surface area contributed by atoms with Gasteiger partial charge in [-0.05, 0) is 5.56 Å². The van der Waals surface area contributed by atoms with Crippen LogP contribution >= 0.6 is 0 Å². The Morgan fingerprint density at radius 3 is 2.71 bits per heavy atom. The maximum absolute atomic E-state index is 11.6. The third-order valence-corrected chi connectivity index (χ3v) is 2.77. The predicted molar refractivity (Wildman–Crippen MR) is 70.8 cm³/mol. The predicted octanol–water partition coefficient (Wildman–Crippen LogP) is -0.00290. The number of nitrogens with one attached hydrogen (secondary N) is 2. The van der Waals surface area contributed by atoms with Crippen LogP contribution in [-0.2, 0) is 22.6 Å². The number of hydrogen-bond donors (Lipinski definition) is 2. The van der Waals surface area contributed by atoms with E-state index < -0.39 is 18.1 Å². The average molecular weight is 288 g/mol. The summed E-state index contributed by atoms with van der Waals surface area (Å²) in [5, 5.41) is 13.3. The second kappa shape index (κ2) is 7.09. The highest BCUT2D eigenvalue weighted by molar-refractivity contribution is 5.78. The van der Waals surface area contributed by atoms with Crippen molar-refractivity contribution in [3.63, 3.8) is 0 Å². The molecule has 1 heterocycles. The van der Waals surface area contributed by atoms with Crippen molar-refractivity contribution in [3.8, 4) is 0 Å². The van der Waals surface area contributed by atoms with Crippen LogP contribution in [0.25, 0.3) is 0 Å². The quantitative estimate of drug-likeness (QED) is 0.777. The number of amides is 1. The highest BCUT2D eigenvalue weighted by Gasteiger charge is 2.15. The molecule has 1 atom stereocenters. The van der Waals surface area contributed by atoms with Crippen LogP contribution in [0.3, 0.4) is 0 Å². The molecule has 0 aliphatic carbocycles. The Morgan fingerprint density at radius 2 is 2.10 bits per heavy atom. The first-order chi connectivity index (χ1) is 10.1. The zero-order valence-electron chi connectivity index (χ0n) is 11.1. The first kappa shape index (κ1) is 14.6. The lowest BCUT2D eigenvalue weighted by Gasteiger charge is -2.18. The Kier molecular flexibility index (Phi) is 4.92. The van der Waals surface area contributed by atoms with Gasteiger partial charge in [0.2, 0.25) is 0 Å². The molecule has 7 heteroatoms. The van der Waals surface area contributed by atoms with Gasteiger partial charge in [0.25, 0.3) is 0 Å². The van der Waals surface area contributed by atoms with Crippen LogP contribution < -0.4 is 10.4 Å². The molecule has 1 aromatic carbocycles. The third-order valence-electron chi connectivity index (χ3n) is 2.77. The summed E-state index contributed by atoms with van der Waals surface area (Å²) in [4.78, 5) is 29.2. The minimum Gasteiger partial charge on any atom is -0.548 e. The number of alkyl carbamates (subject to hydrolysis) is 1. The average Bonchev–Trinajstić information content (AvgIpc) is 2.98. The summed E-state index contributed by atoms with van der Waals surface area (Å²) in [5.41, 5.74) is 1.39. The van der Waals surface area contributed by atoms with Crippen LogP contribution in [0, 0.1) is 0 Å². The van der Waals surface area contributed by atoms with Crippen LogP contribution in [0.4, 0.5) is 4.79 Å². The van der Waals surface area contributed by atoms with Crippen molar-refractivity contribution in [2.75, 3.05) is 0 Å². The minimum atomic E-state index is -1.39. The van der Waals surface area contributed by atoms with Crippen molar-refractivity contribution in [1.82, 2.24) is 15.3 Å². The number of imidazole rings is 1. The SMILES string of the molecule is O=C(N[C@@H](Cc1cnc[nH]1)C(=O)[O-])OCc1ccccc1. The van der Waals surface area contributed by atoms with Gasteiger partial charge in [0, 0.05) is 18.3 Å².